The predicted octanol–water partition coefficient (Wildman–Crippen LogP) is 0.330. The zero-order valence-corrected chi connectivity index (χ0v) is 12.6. The van der Waals surface area contributed by atoms with E-state index in [0.29, 0.717) is 17.9 Å². The number of carbonyl (C=O) groups excluding carboxylic acids is 1. The lowest BCUT2D eigenvalue weighted by Crippen LogP contribution is -2.54. The third-order valence-electron chi connectivity index (χ3n) is 4.61. The summed E-state index contributed by atoms with van der Waals surface area (Å²) in [6, 6.07) is 6.08. The Balaban J connectivity index is 1.65. The Labute approximate surface area is 130 Å². The topological polar surface area (TPSA) is 54.0 Å². The zero-order chi connectivity index (χ0) is 14.9. The molecule has 0 aromatic heterocycles. The summed E-state index contributed by atoms with van der Waals surface area (Å²) in [4.78, 5) is 17.1. The molecule has 3 heterocycles. The Bertz CT molecular complexity index is 572. The van der Waals surface area contributed by atoms with Crippen molar-refractivity contribution in [1.82, 2.24) is 10.2 Å². The molecule has 2 saturated heterocycles. The van der Waals surface area contributed by atoms with Crippen LogP contribution in [0.15, 0.2) is 18.2 Å². The summed E-state index contributed by atoms with van der Waals surface area (Å²) in [7, 11) is 0. The predicted molar refractivity (Wildman–Crippen MR) is 82.7 cm³/mol. The number of nitrogens with zero attached hydrogens (tertiary/aromatic N) is 2. The van der Waals surface area contributed by atoms with E-state index < -0.39 is 0 Å². The molecule has 1 aromatic rings. The van der Waals surface area contributed by atoms with Gasteiger partial charge in [-0.15, -0.1) is 0 Å². The molecular weight excluding hydrogens is 282 g/mol. The summed E-state index contributed by atoms with van der Waals surface area (Å²) < 4.78 is 11.3. The van der Waals surface area contributed by atoms with Crippen molar-refractivity contribution in [1.29, 1.82) is 0 Å². The van der Waals surface area contributed by atoms with Crippen LogP contribution < -0.4 is 15.0 Å². The number of fused-ring (bicyclic) bond motifs is 2. The molecular formula is C16H21N3O3. The van der Waals surface area contributed by atoms with E-state index >= 15 is 0 Å². The number of morpholine rings is 1. The van der Waals surface area contributed by atoms with Gasteiger partial charge in [-0.3, -0.25) is 4.79 Å². The van der Waals surface area contributed by atoms with Gasteiger partial charge in [0, 0.05) is 38.4 Å². The molecule has 0 radical (unpaired) electrons. The summed E-state index contributed by atoms with van der Waals surface area (Å²) in [5.41, 5.74) is 1.76. The highest BCUT2D eigenvalue weighted by molar-refractivity contribution is 5.98. The first-order valence-corrected chi connectivity index (χ1v) is 7.94. The van der Waals surface area contributed by atoms with Crippen molar-refractivity contribution >= 4 is 11.6 Å². The van der Waals surface area contributed by atoms with Crippen molar-refractivity contribution in [2.24, 2.45) is 0 Å². The number of piperazine rings is 1. The van der Waals surface area contributed by atoms with Crippen LogP contribution in [0.1, 0.15) is 10.4 Å². The van der Waals surface area contributed by atoms with E-state index in [2.05, 4.69) is 10.2 Å². The largest absolute Gasteiger partial charge is 0.491 e. The van der Waals surface area contributed by atoms with Crippen molar-refractivity contribution in [2.45, 2.75) is 6.04 Å². The summed E-state index contributed by atoms with van der Waals surface area (Å²) in [6.45, 7) is 6.16. The van der Waals surface area contributed by atoms with Crippen LogP contribution >= 0.6 is 0 Å². The van der Waals surface area contributed by atoms with E-state index in [4.69, 9.17) is 9.47 Å². The molecule has 1 aromatic carbocycles. The van der Waals surface area contributed by atoms with Gasteiger partial charge in [0.2, 0.25) is 0 Å². The van der Waals surface area contributed by atoms with Gasteiger partial charge < -0.3 is 24.6 Å². The summed E-state index contributed by atoms with van der Waals surface area (Å²) >= 11 is 0. The van der Waals surface area contributed by atoms with Crippen LogP contribution in [0.2, 0.25) is 0 Å². The average Bonchev–Trinajstić information content (AvgIpc) is 2.73. The first kappa shape index (κ1) is 13.8. The lowest BCUT2D eigenvalue weighted by Gasteiger charge is -2.34. The van der Waals surface area contributed by atoms with E-state index in [1.165, 1.54) is 0 Å². The molecule has 0 bridgehead atoms. The third kappa shape index (κ3) is 2.42. The van der Waals surface area contributed by atoms with Crippen molar-refractivity contribution in [3.8, 4) is 5.75 Å². The summed E-state index contributed by atoms with van der Waals surface area (Å²) in [5.74, 6) is 0.797. The van der Waals surface area contributed by atoms with Gasteiger partial charge in [0.15, 0.2) is 0 Å². The van der Waals surface area contributed by atoms with Crippen molar-refractivity contribution in [3.63, 3.8) is 0 Å². The minimum Gasteiger partial charge on any atom is -0.491 e. The van der Waals surface area contributed by atoms with Crippen LogP contribution in [0, 0.1) is 0 Å². The zero-order valence-electron chi connectivity index (χ0n) is 12.6. The van der Waals surface area contributed by atoms with E-state index in [-0.39, 0.29) is 11.9 Å². The van der Waals surface area contributed by atoms with Gasteiger partial charge in [0.25, 0.3) is 5.91 Å². The number of amides is 1. The van der Waals surface area contributed by atoms with Crippen molar-refractivity contribution in [2.75, 3.05) is 57.4 Å². The van der Waals surface area contributed by atoms with Gasteiger partial charge in [-0.2, -0.15) is 0 Å². The highest BCUT2D eigenvalue weighted by Crippen LogP contribution is 2.30. The molecule has 4 rings (SSSR count). The second-order valence-corrected chi connectivity index (χ2v) is 5.95. The smallest absolute Gasteiger partial charge is 0.258 e. The monoisotopic (exact) mass is 303 g/mol. The Morgan fingerprint density at radius 2 is 2.05 bits per heavy atom. The average molecular weight is 303 g/mol. The molecule has 1 N–H and O–H groups in total. The van der Waals surface area contributed by atoms with E-state index in [0.717, 1.165) is 51.6 Å². The second kappa shape index (κ2) is 5.78. The maximum absolute atomic E-state index is 12.9. The first-order chi connectivity index (χ1) is 10.8. The highest BCUT2D eigenvalue weighted by Gasteiger charge is 2.33. The van der Waals surface area contributed by atoms with Crippen molar-refractivity contribution in [3.05, 3.63) is 23.8 Å². The summed E-state index contributed by atoms with van der Waals surface area (Å²) in [6.07, 6.45) is 0. The van der Waals surface area contributed by atoms with E-state index in [9.17, 15) is 4.79 Å². The lowest BCUT2D eigenvalue weighted by atomic mass is 10.1. The minimum atomic E-state index is 0.0918. The number of benzene rings is 1. The maximum atomic E-state index is 12.9. The van der Waals surface area contributed by atoms with Crippen LogP contribution in [-0.2, 0) is 4.74 Å². The fourth-order valence-electron chi connectivity index (χ4n) is 3.35. The second-order valence-electron chi connectivity index (χ2n) is 5.95. The molecule has 22 heavy (non-hydrogen) atoms. The molecule has 1 unspecified atom stereocenters. The number of hydrogen-bond acceptors (Lipinski definition) is 5. The van der Waals surface area contributed by atoms with Crippen LogP contribution in [-0.4, -0.2) is 69.4 Å². The standard InChI is InChI=1S/C16H21N3O3/c20-16-14-9-12(18-5-7-21-8-6-18)1-2-15(14)22-11-13-10-17-3-4-19(13)16/h1-2,9,13,17H,3-8,10-11H2. The molecule has 1 atom stereocenters. The molecule has 0 aliphatic carbocycles. The number of anilines is 1. The first-order valence-electron chi connectivity index (χ1n) is 7.94. The third-order valence-corrected chi connectivity index (χ3v) is 4.61. The highest BCUT2D eigenvalue weighted by atomic mass is 16.5. The molecule has 3 aliphatic rings. The molecule has 2 fully saturated rings. The minimum absolute atomic E-state index is 0.0918. The SMILES string of the molecule is O=C1c2cc(N3CCOCC3)ccc2OCC2CNCCN12. The maximum Gasteiger partial charge on any atom is 0.258 e. The molecule has 6 heteroatoms. The lowest BCUT2D eigenvalue weighted by molar-refractivity contribution is 0.0606. The summed E-state index contributed by atoms with van der Waals surface area (Å²) in [5, 5.41) is 3.33. The number of rotatable bonds is 1. The molecule has 0 spiro atoms. The number of carbonyl (C=O) groups is 1. The fourth-order valence-corrected chi connectivity index (χ4v) is 3.35. The van der Waals surface area contributed by atoms with Crippen molar-refractivity contribution < 1.29 is 14.3 Å². The van der Waals surface area contributed by atoms with Gasteiger partial charge in [-0.05, 0) is 18.2 Å². The normalized spacial score (nSPS) is 25.1. The molecule has 1 amide bonds. The molecule has 0 saturated carbocycles. The van der Waals surface area contributed by atoms with Crippen LogP contribution in [0.25, 0.3) is 0 Å². The van der Waals surface area contributed by atoms with Gasteiger partial charge in [-0.25, -0.2) is 0 Å². The Morgan fingerprint density at radius 3 is 2.91 bits per heavy atom. The van der Waals surface area contributed by atoms with E-state index in [1.54, 1.807) is 0 Å². The Hall–Kier alpha value is -1.79. The molecule has 118 valence electrons. The van der Waals surface area contributed by atoms with Gasteiger partial charge in [-0.1, -0.05) is 0 Å². The molecule has 6 nitrogen and oxygen atoms in total. The molecule has 3 aliphatic heterocycles. The van der Waals surface area contributed by atoms with Crippen LogP contribution in [0.4, 0.5) is 5.69 Å². The van der Waals surface area contributed by atoms with Crippen LogP contribution in [0.3, 0.4) is 0 Å². The quantitative estimate of drug-likeness (QED) is 0.810. The van der Waals surface area contributed by atoms with Gasteiger partial charge >= 0.3 is 0 Å². The van der Waals surface area contributed by atoms with Crippen LogP contribution in [0.5, 0.6) is 5.75 Å². The van der Waals surface area contributed by atoms with E-state index in [1.807, 2.05) is 23.1 Å². The Kier molecular flexibility index (Phi) is 3.63. The number of ether oxygens (including phenoxy) is 2. The Morgan fingerprint density at radius 1 is 1.18 bits per heavy atom. The number of nitrogens with one attached hydrogen (secondary N) is 1. The number of hydrogen-bond donors (Lipinski definition) is 1. The van der Waals surface area contributed by atoms with Gasteiger partial charge in [0.1, 0.15) is 12.4 Å². The van der Waals surface area contributed by atoms with Gasteiger partial charge in [0.05, 0.1) is 24.8 Å². The fraction of sp³-hybridized carbons (Fsp3) is 0.562.